The molecule has 0 spiro atoms. The molecule has 5 nitrogen and oxygen atoms in total. The molecule has 1 aliphatic carbocycles. The van der Waals surface area contributed by atoms with Crippen molar-refractivity contribution in [3.05, 3.63) is 58.7 Å². The number of rotatable bonds is 5. The highest BCUT2D eigenvalue weighted by Gasteiger charge is 2.31. The van der Waals surface area contributed by atoms with Gasteiger partial charge in [0.2, 0.25) is 5.78 Å². The van der Waals surface area contributed by atoms with Crippen LogP contribution in [0.2, 0.25) is 0 Å². The lowest BCUT2D eigenvalue weighted by Gasteiger charge is -2.35. The Bertz CT molecular complexity index is 1050. The van der Waals surface area contributed by atoms with Crippen molar-refractivity contribution in [1.29, 1.82) is 5.26 Å². The van der Waals surface area contributed by atoms with Crippen molar-refractivity contribution in [2.45, 2.75) is 64.7 Å². The molecule has 4 rings (SSSR count). The largest absolute Gasteiger partial charge is 0.381 e. The molecule has 1 aromatic carbocycles. The number of nitrogens with zero attached hydrogens (tertiary/aromatic N) is 2. The zero-order chi connectivity index (χ0) is 22.1. The summed E-state index contributed by atoms with van der Waals surface area (Å²) in [6, 6.07) is 8.63. The van der Waals surface area contributed by atoms with Crippen LogP contribution >= 0.6 is 0 Å². The highest BCUT2D eigenvalue weighted by molar-refractivity contribution is 5.95. The number of carbonyl (C=O) groups is 1. The van der Waals surface area contributed by atoms with E-state index in [1.165, 1.54) is 22.9 Å². The molecule has 0 unspecified atom stereocenters. The first-order valence-corrected chi connectivity index (χ1v) is 11.2. The lowest BCUT2D eigenvalue weighted by molar-refractivity contribution is 0.0564. The molecule has 0 saturated carbocycles. The Labute approximate surface area is 184 Å². The third-order valence-electron chi connectivity index (χ3n) is 7.03. The van der Waals surface area contributed by atoms with Gasteiger partial charge in [-0.3, -0.25) is 4.79 Å². The molecule has 1 fully saturated rings. The van der Waals surface area contributed by atoms with E-state index in [0.29, 0.717) is 11.1 Å². The van der Waals surface area contributed by atoms with Gasteiger partial charge >= 0.3 is 0 Å². The van der Waals surface area contributed by atoms with E-state index >= 15 is 0 Å². The molecule has 0 amide bonds. The smallest absolute Gasteiger partial charge is 0.202 e. The van der Waals surface area contributed by atoms with E-state index < -0.39 is 0 Å². The molecule has 0 atom stereocenters. The number of benzene rings is 1. The van der Waals surface area contributed by atoms with Crippen LogP contribution in [-0.2, 0) is 16.6 Å². The van der Waals surface area contributed by atoms with Gasteiger partial charge in [0.05, 0.1) is 6.20 Å². The van der Waals surface area contributed by atoms with Crippen molar-refractivity contribution in [2.75, 3.05) is 13.2 Å². The SMILES string of the molecule is CC1(C)CC=C(c2cc(C3(C)CCOCC3)ccc2CC(=O)c2ncc(C#N)[nH]2)CC1. The van der Waals surface area contributed by atoms with Crippen LogP contribution in [0.3, 0.4) is 0 Å². The molecule has 5 heteroatoms. The van der Waals surface area contributed by atoms with E-state index in [2.05, 4.69) is 55.0 Å². The summed E-state index contributed by atoms with van der Waals surface area (Å²) in [7, 11) is 0. The average Bonchev–Trinajstić information content (AvgIpc) is 3.24. The number of aromatic amines is 1. The quantitative estimate of drug-likeness (QED) is 0.664. The summed E-state index contributed by atoms with van der Waals surface area (Å²) in [6.45, 7) is 8.54. The number of Topliss-reactive ketones (excluding diaryl/α,β-unsaturated/α-hetero) is 1. The van der Waals surface area contributed by atoms with Crippen LogP contribution in [0.15, 0.2) is 30.5 Å². The maximum absolute atomic E-state index is 12.9. The number of imidazole rings is 1. The molecule has 31 heavy (non-hydrogen) atoms. The van der Waals surface area contributed by atoms with Crippen LogP contribution in [-0.4, -0.2) is 29.0 Å². The van der Waals surface area contributed by atoms with Gasteiger partial charge in [-0.1, -0.05) is 45.0 Å². The molecule has 0 bridgehead atoms. The standard InChI is InChI=1S/C26H31N3O2/c1-25(2)8-6-18(7-9-25)22-15-20(26(3)10-12-31-13-11-26)5-4-19(22)14-23(30)24-28-17-21(16-27)29-24/h4-6,15,17H,7-14H2,1-3H3,(H,28,29). The van der Waals surface area contributed by atoms with Gasteiger partial charge in [-0.25, -0.2) is 4.98 Å². The first kappa shape index (κ1) is 21.5. The molecule has 1 aromatic heterocycles. The molecule has 162 valence electrons. The van der Waals surface area contributed by atoms with Crippen molar-refractivity contribution in [2.24, 2.45) is 5.41 Å². The number of allylic oxidation sites excluding steroid dienone is 2. The molecular formula is C26H31N3O2. The maximum Gasteiger partial charge on any atom is 0.202 e. The second-order valence-corrected chi connectivity index (χ2v) is 10.00. The number of H-pyrrole nitrogens is 1. The monoisotopic (exact) mass is 417 g/mol. The predicted molar refractivity (Wildman–Crippen MR) is 121 cm³/mol. The molecule has 2 aromatic rings. The fourth-order valence-electron chi connectivity index (χ4n) is 4.61. The van der Waals surface area contributed by atoms with E-state index in [4.69, 9.17) is 10.00 Å². The molecule has 1 N–H and O–H groups in total. The predicted octanol–water partition coefficient (Wildman–Crippen LogP) is 5.37. The number of nitrogens with one attached hydrogen (secondary N) is 1. The van der Waals surface area contributed by atoms with Crippen LogP contribution in [0.1, 0.15) is 85.9 Å². The van der Waals surface area contributed by atoms with Gasteiger partial charge in [-0.2, -0.15) is 5.26 Å². The summed E-state index contributed by atoms with van der Waals surface area (Å²) in [5.41, 5.74) is 5.64. The molecule has 0 radical (unpaired) electrons. The minimum absolute atomic E-state index is 0.0930. The Kier molecular flexibility index (Phi) is 5.85. The summed E-state index contributed by atoms with van der Waals surface area (Å²) in [6.07, 6.45) is 9.30. The first-order chi connectivity index (χ1) is 14.8. The van der Waals surface area contributed by atoms with Crippen molar-refractivity contribution < 1.29 is 9.53 Å². The van der Waals surface area contributed by atoms with Crippen LogP contribution < -0.4 is 0 Å². The number of nitriles is 1. The summed E-state index contributed by atoms with van der Waals surface area (Å²) < 4.78 is 5.60. The van der Waals surface area contributed by atoms with Crippen molar-refractivity contribution in [3.8, 4) is 6.07 Å². The van der Waals surface area contributed by atoms with Crippen LogP contribution in [0.5, 0.6) is 0 Å². The number of carbonyl (C=O) groups excluding carboxylic acids is 1. The van der Waals surface area contributed by atoms with Crippen molar-refractivity contribution in [3.63, 3.8) is 0 Å². The number of aromatic nitrogens is 2. The molecular weight excluding hydrogens is 386 g/mol. The van der Waals surface area contributed by atoms with Gasteiger partial charge in [0.25, 0.3) is 0 Å². The van der Waals surface area contributed by atoms with E-state index in [9.17, 15) is 4.79 Å². The Hall–Kier alpha value is -2.71. The van der Waals surface area contributed by atoms with Crippen LogP contribution in [0, 0.1) is 16.7 Å². The summed E-state index contributed by atoms with van der Waals surface area (Å²) in [4.78, 5) is 19.8. The lowest BCUT2D eigenvalue weighted by atomic mass is 9.73. The topological polar surface area (TPSA) is 78.8 Å². The lowest BCUT2D eigenvalue weighted by Crippen LogP contribution is -2.30. The summed E-state index contributed by atoms with van der Waals surface area (Å²) >= 11 is 0. The van der Waals surface area contributed by atoms with Gasteiger partial charge in [0.15, 0.2) is 5.82 Å². The van der Waals surface area contributed by atoms with E-state index in [1.807, 2.05) is 6.07 Å². The maximum atomic E-state index is 12.9. The van der Waals surface area contributed by atoms with Crippen LogP contribution in [0.4, 0.5) is 0 Å². The summed E-state index contributed by atoms with van der Waals surface area (Å²) in [5, 5.41) is 9.01. The van der Waals surface area contributed by atoms with E-state index in [1.54, 1.807) is 0 Å². The average molecular weight is 418 g/mol. The van der Waals surface area contributed by atoms with Gasteiger partial charge < -0.3 is 9.72 Å². The Morgan fingerprint density at radius 3 is 2.65 bits per heavy atom. The van der Waals surface area contributed by atoms with Gasteiger partial charge in [-0.05, 0) is 65.2 Å². The third-order valence-corrected chi connectivity index (χ3v) is 7.03. The number of ether oxygens (including phenoxy) is 1. The van der Waals surface area contributed by atoms with E-state index in [0.717, 1.165) is 50.9 Å². The normalized spacial score (nSPS) is 20.0. The van der Waals surface area contributed by atoms with Crippen LogP contribution in [0.25, 0.3) is 5.57 Å². The Morgan fingerprint density at radius 1 is 1.23 bits per heavy atom. The zero-order valence-corrected chi connectivity index (χ0v) is 18.8. The van der Waals surface area contributed by atoms with Crippen molar-refractivity contribution >= 4 is 11.4 Å². The number of hydrogen-bond acceptors (Lipinski definition) is 4. The van der Waals surface area contributed by atoms with Gasteiger partial charge in [-0.15, -0.1) is 0 Å². The van der Waals surface area contributed by atoms with Gasteiger partial charge in [0.1, 0.15) is 11.8 Å². The fourth-order valence-corrected chi connectivity index (χ4v) is 4.61. The first-order valence-electron chi connectivity index (χ1n) is 11.2. The molecule has 1 aliphatic heterocycles. The fraction of sp³-hybridized carbons (Fsp3) is 0.500. The second-order valence-electron chi connectivity index (χ2n) is 10.00. The third kappa shape index (κ3) is 4.65. The summed E-state index contributed by atoms with van der Waals surface area (Å²) in [5.74, 6) is 0.159. The minimum atomic E-state index is -0.0930. The molecule has 1 saturated heterocycles. The second kappa shape index (κ2) is 8.43. The number of hydrogen-bond donors (Lipinski definition) is 1. The molecule has 2 heterocycles. The Morgan fingerprint density at radius 2 is 2.00 bits per heavy atom. The van der Waals surface area contributed by atoms with E-state index in [-0.39, 0.29) is 23.4 Å². The highest BCUT2D eigenvalue weighted by Crippen LogP contribution is 2.41. The minimum Gasteiger partial charge on any atom is -0.381 e. The highest BCUT2D eigenvalue weighted by atomic mass is 16.5. The zero-order valence-electron chi connectivity index (χ0n) is 18.8. The number of ketones is 1. The van der Waals surface area contributed by atoms with Gasteiger partial charge in [0, 0.05) is 19.6 Å². The molecule has 2 aliphatic rings. The van der Waals surface area contributed by atoms with Crippen molar-refractivity contribution in [1.82, 2.24) is 9.97 Å². The Balaban J connectivity index is 1.69.